The Bertz CT molecular complexity index is 602. The molecule has 2 aromatic rings. The molecule has 0 spiro atoms. The van der Waals surface area contributed by atoms with Gasteiger partial charge in [0.05, 0.1) is 19.8 Å². The number of hydrogen-bond acceptors (Lipinski definition) is 6. The minimum Gasteiger partial charge on any atom is -0.379 e. The Kier molecular flexibility index (Phi) is 6.64. The second-order valence-corrected chi connectivity index (χ2v) is 4.83. The molecular weight excluding hydrogens is 298 g/mol. The Hall–Kier alpha value is -2.32. The van der Waals surface area contributed by atoms with Gasteiger partial charge in [-0.05, 0) is 25.5 Å². The average molecular weight is 319 g/mol. The predicted octanol–water partition coefficient (Wildman–Crippen LogP) is 1.10. The van der Waals surface area contributed by atoms with Crippen LogP contribution in [-0.2, 0) is 20.8 Å². The van der Waals surface area contributed by atoms with E-state index in [1.165, 1.54) is 0 Å². The average Bonchev–Trinajstić information content (AvgIpc) is 2.99. The molecule has 0 bridgehead atoms. The number of carbonyl (C=O) groups is 1. The third-order valence-corrected chi connectivity index (χ3v) is 3.01. The van der Waals surface area contributed by atoms with E-state index in [2.05, 4.69) is 20.4 Å². The van der Waals surface area contributed by atoms with E-state index in [-0.39, 0.29) is 11.9 Å². The standard InChI is InChI=1S/C15H21N5O3/c1-3-22-7-8-23-12(2)14(21)18-15-17-11-20(19-15)10-13-5-4-6-16-9-13/h4-6,9,11-12H,3,7-8,10H2,1-2H3,(H,18,19,21)/t12-/m1/s1. The number of nitrogens with one attached hydrogen (secondary N) is 1. The van der Waals surface area contributed by atoms with Crippen LogP contribution in [0.2, 0.25) is 0 Å². The van der Waals surface area contributed by atoms with E-state index >= 15 is 0 Å². The minimum atomic E-state index is -0.597. The van der Waals surface area contributed by atoms with E-state index in [0.717, 1.165) is 5.56 Å². The molecule has 8 heteroatoms. The van der Waals surface area contributed by atoms with Crippen molar-refractivity contribution >= 4 is 11.9 Å². The van der Waals surface area contributed by atoms with Crippen LogP contribution in [0, 0.1) is 0 Å². The number of aromatic nitrogens is 4. The second kappa shape index (κ2) is 8.96. The van der Waals surface area contributed by atoms with Gasteiger partial charge < -0.3 is 9.47 Å². The fraction of sp³-hybridized carbons (Fsp3) is 0.467. The van der Waals surface area contributed by atoms with E-state index in [9.17, 15) is 4.79 Å². The summed E-state index contributed by atoms with van der Waals surface area (Å²) in [6, 6.07) is 3.80. The van der Waals surface area contributed by atoms with Crippen molar-refractivity contribution in [1.82, 2.24) is 19.7 Å². The molecule has 0 radical (unpaired) electrons. The van der Waals surface area contributed by atoms with Gasteiger partial charge in [0.1, 0.15) is 12.4 Å². The molecule has 1 N–H and O–H groups in total. The maximum Gasteiger partial charge on any atom is 0.255 e. The van der Waals surface area contributed by atoms with Gasteiger partial charge in [-0.3, -0.25) is 15.1 Å². The Balaban J connectivity index is 1.80. The molecule has 0 saturated heterocycles. The summed E-state index contributed by atoms with van der Waals surface area (Å²) < 4.78 is 12.2. The van der Waals surface area contributed by atoms with Crippen LogP contribution in [0.25, 0.3) is 0 Å². The van der Waals surface area contributed by atoms with Crippen molar-refractivity contribution in [3.8, 4) is 0 Å². The number of nitrogens with zero attached hydrogens (tertiary/aromatic N) is 4. The van der Waals surface area contributed by atoms with E-state index in [4.69, 9.17) is 9.47 Å². The van der Waals surface area contributed by atoms with Gasteiger partial charge in [-0.1, -0.05) is 6.07 Å². The van der Waals surface area contributed by atoms with Crippen molar-refractivity contribution in [3.05, 3.63) is 36.4 Å². The lowest BCUT2D eigenvalue weighted by molar-refractivity contribution is -0.127. The van der Waals surface area contributed by atoms with Gasteiger partial charge in [-0.15, -0.1) is 5.10 Å². The summed E-state index contributed by atoms with van der Waals surface area (Å²) in [4.78, 5) is 20.1. The molecule has 2 rings (SSSR count). The van der Waals surface area contributed by atoms with Crippen LogP contribution in [0.4, 0.5) is 5.95 Å². The number of amides is 1. The third-order valence-electron chi connectivity index (χ3n) is 3.01. The molecule has 1 amide bonds. The summed E-state index contributed by atoms with van der Waals surface area (Å²) in [6.07, 6.45) is 4.43. The number of hydrogen-bond donors (Lipinski definition) is 1. The van der Waals surface area contributed by atoms with Crippen molar-refractivity contribution in [2.45, 2.75) is 26.5 Å². The van der Waals surface area contributed by atoms with Gasteiger partial charge in [0.25, 0.3) is 5.91 Å². The van der Waals surface area contributed by atoms with Gasteiger partial charge in [0.15, 0.2) is 0 Å². The molecule has 23 heavy (non-hydrogen) atoms. The zero-order valence-electron chi connectivity index (χ0n) is 13.3. The van der Waals surface area contributed by atoms with Crippen LogP contribution >= 0.6 is 0 Å². The van der Waals surface area contributed by atoms with E-state index in [0.29, 0.717) is 26.4 Å². The molecule has 0 aliphatic heterocycles. The monoisotopic (exact) mass is 319 g/mol. The Morgan fingerprint density at radius 1 is 1.43 bits per heavy atom. The molecule has 2 heterocycles. The maximum atomic E-state index is 12.0. The van der Waals surface area contributed by atoms with Crippen LogP contribution in [0.15, 0.2) is 30.9 Å². The van der Waals surface area contributed by atoms with Crippen LogP contribution in [0.5, 0.6) is 0 Å². The molecule has 0 aromatic carbocycles. The summed E-state index contributed by atoms with van der Waals surface area (Å²) in [5.74, 6) is -0.0419. The van der Waals surface area contributed by atoms with Crippen LogP contribution in [-0.4, -0.2) is 51.6 Å². The fourth-order valence-corrected chi connectivity index (χ4v) is 1.82. The highest BCUT2D eigenvalue weighted by Gasteiger charge is 2.15. The number of ether oxygens (including phenoxy) is 2. The van der Waals surface area contributed by atoms with E-state index < -0.39 is 6.10 Å². The molecule has 124 valence electrons. The Morgan fingerprint density at radius 2 is 2.30 bits per heavy atom. The first kappa shape index (κ1) is 17.0. The van der Waals surface area contributed by atoms with E-state index in [1.54, 1.807) is 30.3 Å². The topological polar surface area (TPSA) is 91.2 Å². The minimum absolute atomic E-state index is 0.249. The highest BCUT2D eigenvalue weighted by Crippen LogP contribution is 2.03. The van der Waals surface area contributed by atoms with Gasteiger partial charge in [-0.2, -0.15) is 0 Å². The van der Waals surface area contributed by atoms with Crippen molar-refractivity contribution in [2.75, 3.05) is 25.1 Å². The molecule has 0 aliphatic carbocycles. The predicted molar refractivity (Wildman–Crippen MR) is 83.9 cm³/mol. The third kappa shape index (κ3) is 5.76. The Labute approximate surface area is 134 Å². The fourth-order valence-electron chi connectivity index (χ4n) is 1.82. The quantitative estimate of drug-likeness (QED) is 0.696. The maximum absolute atomic E-state index is 12.0. The SMILES string of the molecule is CCOCCO[C@H](C)C(=O)Nc1ncn(Cc2cccnc2)n1. The largest absolute Gasteiger partial charge is 0.379 e. The smallest absolute Gasteiger partial charge is 0.255 e. The zero-order valence-corrected chi connectivity index (χ0v) is 13.3. The summed E-state index contributed by atoms with van der Waals surface area (Å²) in [6.45, 7) is 5.58. The summed E-state index contributed by atoms with van der Waals surface area (Å²) in [5.41, 5.74) is 1.00. The normalized spacial score (nSPS) is 12.1. The highest BCUT2D eigenvalue weighted by molar-refractivity contribution is 5.92. The van der Waals surface area contributed by atoms with Crippen LogP contribution in [0.1, 0.15) is 19.4 Å². The molecular formula is C15H21N5O3. The van der Waals surface area contributed by atoms with Crippen molar-refractivity contribution in [3.63, 3.8) is 0 Å². The Morgan fingerprint density at radius 3 is 3.04 bits per heavy atom. The summed E-state index contributed by atoms with van der Waals surface area (Å²) >= 11 is 0. The first-order chi connectivity index (χ1) is 11.2. The number of rotatable bonds is 9. The molecule has 2 aromatic heterocycles. The molecule has 0 aliphatic rings. The molecule has 1 atom stereocenters. The van der Waals surface area contributed by atoms with Gasteiger partial charge >= 0.3 is 0 Å². The molecule has 0 unspecified atom stereocenters. The zero-order chi connectivity index (χ0) is 16.5. The van der Waals surface area contributed by atoms with Gasteiger partial charge in [-0.25, -0.2) is 9.67 Å². The lowest BCUT2D eigenvalue weighted by Gasteiger charge is -2.11. The van der Waals surface area contributed by atoms with Crippen LogP contribution < -0.4 is 5.32 Å². The molecule has 0 saturated carbocycles. The van der Waals surface area contributed by atoms with Gasteiger partial charge in [0, 0.05) is 19.0 Å². The summed E-state index contributed by atoms with van der Waals surface area (Å²) in [7, 11) is 0. The number of anilines is 1. The van der Waals surface area contributed by atoms with Crippen molar-refractivity contribution < 1.29 is 14.3 Å². The van der Waals surface area contributed by atoms with E-state index in [1.807, 2.05) is 19.1 Å². The first-order valence-corrected chi connectivity index (χ1v) is 7.47. The van der Waals surface area contributed by atoms with Crippen LogP contribution in [0.3, 0.4) is 0 Å². The lowest BCUT2D eigenvalue weighted by atomic mass is 10.3. The second-order valence-electron chi connectivity index (χ2n) is 4.83. The van der Waals surface area contributed by atoms with Crippen molar-refractivity contribution in [1.29, 1.82) is 0 Å². The summed E-state index contributed by atoms with van der Waals surface area (Å²) in [5, 5.41) is 6.83. The molecule has 0 fully saturated rings. The molecule has 8 nitrogen and oxygen atoms in total. The first-order valence-electron chi connectivity index (χ1n) is 7.47. The highest BCUT2D eigenvalue weighted by atomic mass is 16.5. The lowest BCUT2D eigenvalue weighted by Crippen LogP contribution is -2.29. The van der Waals surface area contributed by atoms with Crippen molar-refractivity contribution in [2.24, 2.45) is 0 Å². The number of pyridine rings is 1. The number of carbonyl (C=O) groups excluding carboxylic acids is 1. The van der Waals surface area contributed by atoms with Gasteiger partial charge in [0.2, 0.25) is 5.95 Å².